The average Bonchev–Trinajstić information content (AvgIpc) is 3.29. The summed E-state index contributed by atoms with van der Waals surface area (Å²) < 4.78 is 5.52. The summed E-state index contributed by atoms with van der Waals surface area (Å²) in [6.45, 7) is 8.21. The summed E-state index contributed by atoms with van der Waals surface area (Å²) in [6.07, 6.45) is 5.62. The molecule has 1 atom stereocenters. The van der Waals surface area contributed by atoms with Crippen molar-refractivity contribution in [2.75, 3.05) is 18.0 Å². The number of hydrogen-bond donors (Lipinski definition) is 1. The van der Waals surface area contributed by atoms with Crippen LogP contribution in [0.15, 0.2) is 22.9 Å². The molecular formula is C19H24N6O. The van der Waals surface area contributed by atoms with Crippen LogP contribution in [0.4, 0.5) is 5.82 Å². The topological polar surface area (TPSA) is 83.7 Å². The number of aromatic nitrogens is 5. The Bertz CT molecular complexity index is 856. The van der Waals surface area contributed by atoms with E-state index in [0.29, 0.717) is 11.7 Å². The molecule has 1 aliphatic heterocycles. The molecule has 0 aliphatic carbocycles. The fourth-order valence-electron chi connectivity index (χ4n) is 3.68. The van der Waals surface area contributed by atoms with E-state index in [-0.39, 0.29) is 5.92 Å². The molecule has 7 heteroatoms. The maximum atomic E-state index is 5.52. The number of pyridine rings is 1. The molecule has 3 aromatic heterocycles. The number of piperidine rings is 1. The van der Waals surface area contributed by atoms with Gasteiger partial charge in [0.2, 0.25) is 11.7 Å². The lowest BCUT2D eigenvalue weighted by atomic mass is 9.99. The van der Waals surface area contributed by atoms with Gasteiger partial charge in [-0.15, -0.1) is 0 Å². The van der Waals surface area contributed by atoms with Gasteiger partial charge in [-0.3, -0.25) is 5.10 Å². The Morgan fingerprint density at radius 3 is 2.62 bits per heavy atom. The van der Waals surface area contributed by atoms with Crippen molar-refractivity contribution in [1.29, 1.82) is 0 Å². The molecule has 4 rings (SSSR count). The summed E-state index contributed by atoms with van der Waals surface area (Å²) in [5.41, 5.74) is 3.97. The molecule has 4 heterocycles. The van der Waals surface area contributed by atoms with Crippen LogP contribution in [0.1, 0.15) is 54.9 Å². The zero-order chi connectivity index (χ0) is 18.1. The van der Waals surface area contributed by atoms with Crippen LogP contribution < -0.4 is 4.90 Å². The molecule has 1 saturated heterocycles. The summed E-state index contributed by atoms with van der Waals surface area (Å²) in [6, 6.07) is 4.06. The van der Waals surface area contributed by atoms with Crippen LogP contribution in [0, 0.1) is 13.8 Å². The van der Waals surface area contributed by atoms with Gasteiger partial charge in [-0.25, -0.2) is 4.98 Å². The second-order valence-corrected chi connectivity index (χ2v) is 6.98. The van der Waals surface area contributed by atoms with Gasteiger partial charge in [0.15, 0.2) is 0 Å². The quantitative estimate of drug-likeness (QED) is 0.772. The van der Waals surface area contributed by atoms with Crippen LogP contribution in [0.3, 0.4) is 0 Å². The van der Waals surface area contributed by atoms with E-state index in [4.69, 9.17) is 4.52 Å². The highest BCUT2D eigenvalue weighted by molar-refractivity contribution is 5.56. The predicted molar refractivity (Wildman–Crippen MR) is 99.2 cm³/mol. The number of nitrogens with zero attached hydrogens (tertiary/aromatic N) is 5. The van der Waals surface area contributed by atoms with E-state index < -0.39 is 0 Å². The number of hydrogen-bond acceptors (Lipinski definition) is 6. The van der Waals surface area contributed by atoms with Gasteiger partial charge in [0.1, 0.15) is 5.82 Å². The van der Waals surface area contributed by atoms with Crippen molar-refractivity contribution >= 4 is 5.82 Å². The maximum Gasteiger partial charge on any atom is 0.234 e. The summed E-state index contributed by atoms with van der Waals surface area (Å²) >= 11 is 0. The van der Waals surface area contributed by atoms with Gasteiger partial charge in [-0.1, -0.05) is 5.16 Å². The lowest BCUT2D eigenvalue weighted by molar-refractivity contribution is 0.370. The zero-order valence-corrected chi connectivity index (χ0v) is 15.5. The van der Waals surface area contributed by atoms with Gasteiger partial charge in [0.25, 0.3) is 0 Å². The third-order valence-electron chi connectivity index (χ3n) is 5.12. The first-order valence-corrected chi connectivity index (χ1v) is 9.20. The van der Waals surface area contributed by atoms with E-state index in [1.807, 2.05) is 32.2 Å². The summed E-state index contributed by atoms with van der Waals surface area (Å²) in [7, 11) is 0. The van der Waals surface area contributed by atoms with Crippen LogP contribution in [0.5, 0.6) is 0 Å². The van der Waals surface area contributed by atoms with Crippen molar-refractivity contribution in [3.63, 3.8) is 0 Å². The molecule has 26 heavy (non-hydrogen) atoms. The molecule has 136 valence electrons. The van der Waals surface area contributed by atoms with E-state index in [2.05, 4.69) is 37.1 Å². The molecule has 0 aromatic carbocycles. The molecule has 0 radical (unpaired) electrons. The Hall–Kier alpha value is -2.70. The molecule has 0 saturated carbocycles. The normalized spacial score (nSPS) is 16.0. The number of rotatable bonds is 4. The lowest BCUT2D eigenvalue weighted by Crippen LogP contribution is -2.29. The van der Waals surface area contributed by atoms with Crippen LogP contribution in [-0.4, -0.2) is 38.4 Å². The maximum absolute atomic E-state index is 5.52. The second-order valence-electron chi connectivity index (χ2n) is 6.98. The molecule has 0 unspecified atom stereocenters. The molecule has 3 aromatic rings. The van der Waals surface area contributed by atoms with Gasteiger partial charge in [-0.05, 0) is 52.2 Å². The van der Waals surface area contributed by atoms with Gasteiger partial charge in [-0.2, -0.15) is 10.1 Å². The Morgan fingerprint density at radius 2 is 1.96 bits per heavy atom. The fourth-order valence-corrected chi connectivity index (χ4v) is 3.68. The van der Waals surface area contributed by atoms with Crippen LogP contribution in [0.25, 0.3) is 11.4 Å². The number of H-pyrrole nitrogens is 1. The largest absolute Gasteiger partial charge is 0.357 e. The summed E-state index contributed by atoms with van der Waals surface area (Å²) in [5, 5.41) is 11.4. The van der Waals surface area contributed by atoms with Crippen molar-refractivity contribution < 1.29 is 4.52 Å². The van der Waals surface area contributed by atoms with Crippen molar-refractivity contribution in [3.8, 4) is 11.4 Å². The van der Waals surface area contributed by atoms with E-state index in [1.54, 1.807) is 0 Å². The van der Waals surface area contributed by atoms with Gasteiger partial charge in [0, 0.05) is 36.1 Å². The molecule has 7 nitrogen and oxygen atoms in total. The summed E-state index contributed by atoms with van der Waals surface area (Å²) in [5.74, 6) is 2.18. The highest BCUT2D eigenvalue weighted by Crippen LogP contribution is 2.29. The first-order valence-electron chi connectivity index (χ1n) is 9.20. The third-order valence-corrected chi connectivity index (χ3v) is 5.12. The smallest absolute Gasteiger partial charge is 0.234 e. The minimum Gasteiger partial charge on any atom is -0.357 e. The van der Waals surface area contributed by atoms with Gasteiger partial charge < -0.3 is 9.42 Å². The van der Waals surface area contributed by atoms with Crippen LogP contribution in [-0.2, 0) is 0 Å². The number of anilines is 1. The first-order chi connectivity index (χ1) is 12.6. The number of aryl methyl sites for hydroxylation is 2. The van der Waals surface area contributed by atoms with Crippen molar-refractivity contribution in [2.24, 2.45) is 0 Å². The Labute approximate surface area is 152 Å². The van der Waals surface area contributed by atoms with Crippen molar-refractivity contribution in [3.05, 3.63) is 41.2 Å². The third kappa shape index (κ3) is 3.09. The monoisotopic (exact) mass is 352 g/mol. The van der Waals surface area contributed by atoms with E-state index in [1.165, 1.54) is 19.3 Å². The molecular weight excluding hydrogens is 328 g/mol. The van der Waals surface area contributed by atoms with Gasteiger partial charge in [0.05, 0.1) is 11.6 Å². The van der Waals surface area contributed by atoms with E-state index in [9.17, 15) is 0 Å². The molecule has 0 spiro atoms. The van der Waals surface area contributed by atoms with E-state index in [0.717, 1.165) is 41.4 Å². The average molecular weight is 352 g/mol. The standard InChI is InChI=1S/C19H24N6O/c1-12(17-13(2)22-23-14(17)3)19-21-18(24-26-19)15-7-8-16(20-11-15)25-9-5-4-6-10-25/h7-8,11-12H,4-6,9-10H2,1-3H3,(H,22,23)/t12-/m0/s1. The highest BCUT2D eigenvalue weighted by atomic mass is 16.5. The predicted octanol–water partition coefficient (Wildman–Crippen LogP) is 3.61. The Morgan fingerprint density at radius 1 is 1.15 bits per heavy atom. The van der Waals surface area contributed by atoms with E-state index >= 15 is 0 Å². The van der Waals surface area contributed by atoms with Crippen LogP contribution in [0.2, 0.25) is 0 Å². The Balaban J connectivity index is 1.54. The van der Waals surface area contributed by atoms with Crippen molar-refractivity contribution in [1.82, 2.24) is 25.3 Å². The minimum absolute atomic E-state index is 0.00409. The van der Waals surface area contributed by atoms with Gasteiger partial charge >= 0.3 is 0 Å². The van der Waals surface area contributed by atoms with Crippen LogP contribution >= 0.6 is 0 Å². The highest BCUT2D eigenvalue weighted by Gasteiger charge is 2.22. The number of nitrogens with one attached hydrogen (secondary N) is 1. The second kappa shape index (κ2) is 6.90. The fraction of sp³-hybridized carbons (Fsp3) is 0.474. The molecule has 0 amide bonds. The van der Waals surface area contributed by atoms with Crippen molar-refractivity contribution in [2.45, 2.75) is 46.0 Å². The minimum atomic E-state index is -0.00409. The zero-order valence-electron chi connectivity index (χ0n) is 15.5. The molecule has 1 aliphatic rings. The summed E-state index contributed by atoms with van der Waals surface area (Å²) in [4.78, 5) is 11.5. The first kappa shape index (κ1) is 16.8. The molecule has 1 fully saturated rings. The lowest BCUT2D eigenvalue weighted by Gasteiger charge is -2.27. The molecule has 1 N–H and O–H groups in total. The molecule has 0 bridgehead atoms. The number of aromatic amines is 1. The Kier molecular flexibility index (Phi) is 4.44. The SMILES string of the molecule is Cc1n[nH]c(C)c1[C@H](C)c1nc(-c2ccc(N3CCCCC3)nc2)no1.